The van der Waals surface area contributed by atoms with E-state index in [1.54, 1.807) is 29.1 Å². The van der Waals surface area contributed by atoms with E-state index in [0.717, 1.165) is 16.7 Å². The number of likely N-dealkylation sites (N-methyl/N-ethyl adjacent to an activating group) is 1. The molecule has 0 fully saturated rings. The summed E-state index contributed by atoms with van der Waals surface area (Å²) < 4.78 is 6.20. The van der Waals surface area contributed by atoms with E-state index < -0.39 is 0 Å². The Bertz CT molecular complexity index is 944. The summed E-state index contributed by atoms with van der Waals surface area (Å²) in [6, 6.07) is 9.46. The second-order valence-electron chi connectivity index (χ2n) is 8.46. The minimum Gasteiger partial charge on any atom is -0.472 e. The van der Waals surface area contributed by atoms with Crippen LogP contribution in [0.1, 0.15) is 36.7 Å². The molecule has 0 radical (unpaired) electrons. The molecule has 1 aromatic carbocycles. The number of fused-ring (bicyclic) bond motifs is 1. The highest BCUT2D eigenvalue weighted by Crippen LogP contribution is 2.30. The number of hydrogen-bond donors (Lipinski definition) is 1. The van der Waals surface area contributed by atoms with Crippen molar-refractivity contribution in [1.29, 1.82) is 0 Å². The van der Waals surface area contributed by atoms with E-state index in [2.05, 4.69) is 4.98 Å². The Morgan fingerprint density at radius 3 is 2.61 bits per heavy atom. The van der Waals surface area contributed by atoms with E-state index in [1.165, 1.54) is 6.92 Å². The van der Waals surface area contributed by atoms with Gasteiger partial charge in [-0.05, 0) is 25.5 Å². The molecular weight excluding hydrogens is 394 g/mol. The van der Waals surface area contributed by atoms with Gasteiger partial charge in [0.05, 0.1) is 19.2 Å². The Morgan fingerprint density at radius 1 is 1.32 bits per heavy atom. The molecule has 0 bridgehead atoms. The lowest BCUT2D eigenvalue weighted by Gasteiger charge is -2.37. The van der Waals surface area contributed by atoms with Crippen LogP contribution < -0.4 is 4.74 Å². The highest BCUT2D eigenvalue weighted by atomic mass is 16.5. The fraction of sp³-hybridized carbons (Fsp3) is 0.458. The van der Waals surface area contributed by atoms with Crippen LogP contribution in [0.5, 0.6) is 5.88 Å². The van der Waals surface area contributed by atoms with Gasteiger partial charge in [0.15, 0.2) is 0 Å². The average molecular weight is 426 g/mol. The van der Waals surface area contributed by atoms with Crippen molar-refractivity contribution in [2.45, 2.75) is 39.8 Å². The molecule has 1 N–H and O–H groups in total. The molecule has 31 heavy (non-hydrogen) atoms. The van der Waals surface area contributed by atoms with Crippen LogP contribution >= 0.6 is 0 Å². The highest BCUT2D eigenvalue weighted by Gasteiger charge is 2.34. The number of aliphatic hydroxyl groups excluding tert-OH is 1. The number of nitrogens with zero attached hydrogens (tertiary/aromatic N) is 3. The maximum absolute atomic E-state index is 13.4. The second kappa shape index (κ2) is 9.47. The Hall–Kier alpha value is -2.93. The predicted molar refractivity (Wildman–Crippen MR) is 119 cm³/mol. The van der Waals surface area contributed by atoms with Gasteiger partial charge < -0.3 is 19.6 Å². The standard InChI is InChI=1S/C24H31N3O4/c1-15-6-8-19(9-7-15)20-10-21-23(25-11-20)31-22(13-26(5)18(4)29)16(2)12-27(24(21)30)17(3)14-28/h6-11,16-17,22,28H,12-14H2,1-5H3/t16-,17-,22-/m0/s1. The maximum atomic E-state index is 13.4. The van der Waals surface area contributed by atoms with Gasteiger partial charge in [-0.15, -0.1) is 0 Å². The van der Waals surface area contributed by atoms with Gasteiger partial charge in [-0.1, -0.05) is 36.8 Å². The molecule has 1 aliphatic rings. The number of carbonyl (C=O) groups is 2. The first kappa shape index (κ1) is 22.7. The number of ether oxygens (including phenoxy) is 1. The first-order valence-corrected chi connectivity index (χ1v) is 10.6. The van der Waals surface area contributed by atoms with Gasteiger partial charge in [0.1, 0.15) is 11.7 Å². The van der Waals surface area contributed by atoms with E-state index in [1.807, 2.05) is 45.0 Å². The van der Waals surface area contributed by atoms with Gasteiger partial charge in [-0.25, -0.2) is 4.98 Å². The molecule has 2 amide bonds. The molecule has 2 heterocycles. The van der Waals surface area contributed by atoms with Crippen LogP contribution in [0.4, 0.5) is 0 Å². The summed E-state index contributed by atoms with van der Waals surface area (Å²) in [7, 11) is 1.73. The van der Waals surface area contributed by atoms with E-state index in [4.69, 9.17) is 4.74 Å². The summed E-state index contributed by atoms with van der Waals surface area (Å²) >= 11 is 0. The molecule has 1 aromatic heterocycles. The summed E-state index contributed by atoms with van der Waals surface area (Å²) in [6.07, 6.45) is 1.36. The molecule has 2 aromatic rings. The smallest absolute Gasteiger partial charge is 0.259 e. The quantitative estimate of drug-likeness (QED) is 0.797. The number of amides is 2. The first-order valence-electron chi connectivity index (χ1n) is 10.6. The zero-order chi connectivity index (χ0) is 22.7. The zero-order valence-electron chi connectivity index (χ0n) is 18.8. The molecular formula is C24H31N3O4. The van der Waals surface area contributed by atoms with Crippen molar-refractivity contribution in [2.24, 2.45) is 5.92 Å². The molecule has 166 valence electrons. The summed E-state index contributed by atoms with van der Waals surface area (Å²) in [5, 5.41) is 9.75. The minimum absolute atomic E-state index is 0.0579. The topological polar surface area (TPSA) is 83.0 Å². The van der Waals surface area contributed by atoms with Crippen molar-refractivity contribution in [1.82, 2.24) is 14.8 Å². The lowest BCUT2D eigenvalue weighted by atomic mass is 9.99. The van der Waals surface area contributed by atoms with Crippen LogP contribution in [-0.4, -0.2) is 70.6 Å². The van der Waals surface area contributed by atoms with Gasteiger partial charge in [0.25, 0.3) is 5.91 Å². The lowest BCUT2D eigenvalue weighted by Crippen LogP contribution is -2.50. The van der Waals surface area contributed by atoms with Gasteiger partial charge in [-0.2, -0.15) is 0 Å². The molecule has 0 aliphatic carbocycles. The number of aryl methyl sites for hydroxylation is 1. The highest BCUT2D eigenvalue weighted by molar-refractivity contribution is 5.98. The van der Waals surface area contributed by atoms with Crippen LogP contribution in [0.3, 0.4) is 0 Å². The SMILES string of the molecule is CC(=O)N(C)C[C@@H]1Oc2ncc(-c3ccc(C)cc3)cc2C(=O)N([C@@H](C)CO)C[C@@H]1C. The molecule has 7 nitrogen and oxygen atoms in total. The van der Waals surface area contributed by atoms with Gasteiger partial charge >= 0.3 is 0 Å². The largest absolute Gasteiger partial charge is 0.472 e. The normalized spacial score (nSPS) is 19.7. The lowest BCUT2D eigenvalue weighted by molar-refractivity contribution is -0.129. The predicted octanol–water partition coefficient (Wildman–Crippen LogP) is 2.76. The van der Waals surface area contributed by atoms with Crippen LogP contribution in [0.25, 0.3) is 11.1 Å². The average Bonchev–Trinajstić information content (AvgIpc) is 2.75. The van der Waals surface area contributed by atoms with E-state index in [9.17, 15) is 14.7 Å². The number of aliphatic hydroxyl groups is 1. The third-order valence-electron chi connectivity index (χ3n) is 5.90. The van der Waals surface area contributed by atoms with Crippen molar-refractivity contribution in [3.63, 3.8) is 0 Å². The third-order valence-corrected chi connectivity index (χ3v) is 5.90. The molecule has 3 atom stereocenters. The Balaban J connectivity index is 2.05. The number of hydrogen-bond acceptors (Lipinski definition) is 5. The molecule has 0 unspecified atom stereocenters. The zero-order valence-corrected chi connectivity index (χ0v) is 18.8. The van der Waals surface area contributed by atoms with Crippen LogP contribution in [-0.2, 0) is 4.79 Å². The fourth-order valence-corrected chi connectivity index (χ4v) is 3.62. The van der Waals surface area contributed by atoms with E-state index in [0.29, 0.717) is 18.7 Å². The third kappa shape index (κ3) is 5.05. The minimum atomic E-state index is -0.352. The van der Waals surface area contributed by atoms with E-state index >= 15 is 0 Å². The van der Waals surface area contributed by atoms with Gasteiger partial charge in [-0.3, -0.25) is 9.59 Å². The van der Waals surface area contributed by atoms with Crippen LogP contribution in [0.2, 0.25) is 0 Å². The number of benzene rings is 1. The van der Waals surface area contributed by atoms with Crippen molar-refractivity contribution in [2.75, 3.05) is 26.7 Å². The Kier molecular flexibility index (Phi) is 6.95. The van der Waals surface area contributed by atoms with Crippen molar-refractivity contribution in [3.8, 4) is 17.0 Å². The summed E-state index contributed by atoms with van der Waals surface area (Å²) in [5.74, 6) is -0.0865. The first-order chi connectivity index (χ1) is 14.7. The molecule has 3 rings (SSSR count). The molecule has 0 spiro atoms. The van der Waals surface area contributed by atoms with Gasteiger partial charge in [0.2, 0.25) is 11.8 Å². The maximum Gasteiger partial charge on any atom is 0.259 e. The van der Waals surface area contributed by atoms with Crippen LogP contribution in [0, 0.1) is 12.8 Å². The van der Waals surface area contributed by atoms with Gasteiger partial charge in [0, 0.05) is 38.2 Å². The van der Waals surface area contributed by atoms with E-state index in [-0.39, 0.29) is 42.4 Å². The van der Waals surface area contributed by atoms with Crippen molar-refractivity contribution in [3.05, 3.63) is 47.7 Å². The summed E-state index contributed by atoms with van der Waals surface area (Å²) in [4.78, 5) is 33.0. The number of aromatic nitrogens is 1. The molecule has 1 aliphatic heterocycles. The second-order valence-corrected chi connectivity index (χ2v) is 8.46. The number of rotatable bonds is 5. The van der Waals surface area contributed by atoms with Crippen LogP contribution in [0.15, 0.2) is 36.5 Å². The Morgan fingerprint density at radius 2 is 2.00 bits per heavy atom. The molecule has 7 heteroatoms. The van der Waals surface area contributed by atoms with Crippen molar-refractivity contribution < 1.29 is 19.4 Å². The number of pyridine rings is 1. The number of carbonyl (C=O) groups excluding carboxylic acids is 2. The molecule has 0 saturated carbocycles. The Labute approximate surface area is 183 Å². The van der Waals surface area contributed by atoms with Crippen molar-refractivity contribution >= 4 is 11.8 Å². The summed E-state index contributed by atoms with van der Waals surface area (Å²) in [6.45, 7) is 7.98. The monoisotopic (exact) mass is 425 g/mol. The fourth-order valence-electron chi connectivity index (χ4n) is 3.62. The molecule has 0 saturated heterocycles. The summed E-state index contributed by atoms with van der Waals surface area (Å²) in [5.41, 5.74) is 3.29.